The van der Waals surface area contributed by atoms with Crippen LogP contribution < -0.4 is 0 Å². The minimum absolute atomic E-state index is 0.233. The lowest BCUT2D eigenvalue weighted by molar-refractivity contribution is -0.132. The molecule has 2 heterocycles. The molecule has 1 aliphatic heterocycles. The molecule has 0 aliphatic carbocycles. The summed E-state index contributed by atoms with van der Waals surface area (Å²) >= 11 is 0. The molecule has 0 bridgehead atoms. The van der Waals surface area contributed by atoms with Crippen LogP contribution in [-0.2, 0) is 11.2 Å². The van der Waals surface area contributed by atoms with Crippen LogP contribution in [0.2, 0.25) is 0 Å². The third-order valence-electron chi connectivity index (χ3n) is 5.39. The van der Waals surface area contributed by atoms with Crippen molar-refractivity contribution < 1.29 is 4.79 Å². The van der Waals surface area contributed by atoms with Gasteiger partial charge in [-0.2, -0.15) is 5.10 Å². The molecule has 2 aromatic carbocycles. The van der Waals surface area contributed by atoms with Crippen LogP contribution in [0.5, 0.6) is 0 Å². The predicted molar refractivity (Wildman–Crippen MR) is 110 cm³/mol. The Bertz CT molecular complexity index is 891. The van der Waals surface area contributed by atoms with Crippen LogP contribution in [0.15, 0.2) is 60.7 Å². The van der Waals surface area contributed by atoms with Crippen molar-refractivity contribution in [3.05, 3.63) is 72.1 Å². The van der Waals surface area contributed by atoms with Gasteiger partial charge < -0.3 is 4.90 Å². The molecule has 1 fully saturated rings. The fraction of sp³-hybridized carbons (Fsp3) is 0.348. The fourth-order valence-electron chi connectivity index (χ4n) is 3.85. The van der Waals surface area contributed by atoms with E-state index in [4.69, 9.17) is 4.98 Å². The number of aryl methyl sites for hydroxylation is 1. The van der Waals surface area contributed by atoms with E-state index in [9.17, 15) is 4.79 Å². The van der Waals surface area contributed by atoms with E-state index in [-0.39, 0.29) is 11.8 Å². The molecule has 1 aromatic heterocycles. The molecule has 4 rings (SSSR count). The number of nitrogens with zero attached hydrogens (tertiary/aromatic N) is 3. The van der Waals surface area contributed by atoms with E-state index in [1.54, 1.807) is 0 Å². The van der Waals surface area contributed by atoms with Crippen LogP contribution >= 0.6 is 0 Å². The van der Waals surface area contributed by atoms with E-state index in [2.05, 4.69) is 22.3 Å². The van der Waals surface area contributed by atoms with Crippen molar-refractivity contribution >= 4 is 5.91 Å². The second-order valence-electron chi connectivity index (χ2n) is 7.43. The highest BCUT2D eigenvalue weighted by atomic mass is 16.2. The molecule has 0 spiro atoms. The highest BCUT2D eigenvalue weighted by Crippen LogP contribution is 2.26. The topological polar surface area (TPSA) is 61.9 Å². The van der Waals surface area contributed by atoms with Gasteiger partial charge in [0.15, 0.2) is 5.82 Å². The number of amides is 1. The monoisotopic (exact) mass is 374 g/mol. The molecular weight excluding hydrogens is 348 g/mol. The highest BCUT2D eigenvalue weighted by Gasteiger charge is 2.26. The molecule has 1 amide bonds. The second-order valence-corrected chi connectivity index (χ2v) is 7.43. The van der Waals surface area contributed by atoms with Gasteiger partial charge in [0.2, 0.25) is 5.91 Å². The summed E-state index contributed by atoms with van der Waals surface area (Å²) in [6, 6.07) is 20.3. The Morgan fingerprint density at radius 2 is 1.82 bits per heavy atom. The standard InChI is InChI=1S/C23H26N4O/c28-21(15-7-11-18-9-3-1-4-10-18)27-16-8-14-20(17-27)23-24-22(25-26-23)19-12-5-2-6-13-19/h1-6,9-10,12-13,20H,7-8,11,14-17H2,(H,24,25,26). The average Bonchev–Trinajstić information content (AvgIpc) is 3.26. The van der Waals surface area contributed by atoms with Crippen LogP contribution in [-0.4, -0.2) is 39.1 Å². The Morgan fingerprint density at radius 1 is 1.07 bits per heavy atom. The number of aromatic amines is 1. The summed E-state index contributed by atoms with van der Waals surface area (Å²) in [5, 5.41) is 7.47. The highest BCUT2D eigenvalue weighted by molar-refractivity contribution is 5.76. The van der Waals surface area contributed by atoms with Gasteiger partial charge in [-0.25, -0.2) is 4.98 Å². The van der Waals surface area contributed by atoms with Crippen molar-refractivity contribution in [3.8, 4) is 11.4 Å². The minimum atomic E-state index is 0.233. The lowest BCUT2D eigenvalue weighted by Gasteiger charge is -2.31. The van der Waals surface area contributed by atoms with E-state index in [0.29, 0.717) is 6.42 Å². The van der Waals surface area contributed by atoms with E-state index in [1.165, 1.54) is 5.56 Å². The maximum atomic E-state index is 12.7. The Balaban J connectivity index is 1.33. The first-order valence-corrected chi connectivity index (χ1v) is 10.1. The first-order valence-electron chi connectivity index (χ1n) is 10.1. The summed E-state index contributed by atoms with van der Waals surface area (Å²) in [4.78, 5) is 19.4. The van der Waals surface area contributed by atoms with Crippen molar-refractivity contribution in [1.82, 2.24) is 20.1 Å². The fourth-order valence-corrected chi connectivity index (χ4v) is 3.85. The number of aromatic nitrogens is 3. The first-order chi connectivity index (χ1) is 13.8. The van der Waals surface area contributed by atoms with Crippen LogP contribution in [0.1, 0.15) is 43.0 Å². The van der Waals surface area contributed by atoms with Crippen molar-refractivity contribution in [1.29, 1.82) is 0 Å². The summed E-state index contributed by atoms with van der Waals surface area (Å²) in [6.07, 6.45) is 4.50. The Kier molecular flexibility index (Phi) is 5.80. The third-order valence-corrected chi connectivity index (χ3v) is 5.39. The van der Waals surface area contributed by atoms with Crippen LogP contribution in [0.3, 0.4) is 0 Å². The number of H-pyrrole nitrogens is 1. The van der Waals surface area contributed by atoms with Gasteiger partial charge in [-0.1, -0.05) is 60.7 Å². The van der Waals surface area contributed by atoms with Crippen molar-refractivity contribution in [3.63, 3.8) is 0 Å². The zero-order chi connectivity index (χ0) is 19.2. The smallest absolute Gasteiger partial charge is 0.222 e. The Hall–Kier alpha value is -2.95. The van der Waals surface area contributed by atoms with E-state index in [1.807, 2.05) is 53.4 Å². The first kappa shape index (κ1) is 18.4. The van der Waals surface area contributed by atoms with Gasteiger partial charge in [-0.15, -0.1) is 0 Å². The number of likely N-dealkylation sites (tertiary alicyclic amines) is 1. The third kappa shape index (κ3) is 4.47. The van der Waals surface area contributed by atoms with Gasteiger partial charge in [-0.3, -0.25) is 9.89 Å². The normalized spacial score (nSPS) is 16.9. The van der Waals surface area contributed by atoms with Crippen molar-refractivity contribution in [2.45, 2.75) is 38.0 Å². The van der Waals surface area contributed by atoms with Crippen LogP contribution in [0, 0.1) is 0 Å². The SMILES string of the molecule is O=C(CCCc1ccccc1)N1CCCC(c2nc(-c3ccccc3)n[nH]2)C1. The maximum absolute atomic E-state index is 12.7. The quantitative estimate of drug-likeness (QED) is 0.703. The molecule has 5 nitrogen and oxygen atoms in total. The number of hydrogen-bond donors (Lipinski definition) is 1. The van der Waals surface area contributed by atoms with E-state index >= 15 is 0 Å². The number of piperidine rings is 1. The van der Waals surface area contributed by atoms with Crippen LogP contribution in [0.4, 0.5) is 0 Å². The van der Waals surface area contributed by atoms with E-state index < -0.39 is 0 Å². The summed E-state index contributed by atoms with van der Waals surface area (Å²) in [7, 11) is 0. The summed E-state index contributed by atoms with van der Waals surface area (Å²) in [5.74, 6) is 2.10. The molecular formula is C23H26N4O. The van der Waals surface area contributed by atoms with Gasteiger partial charge in [-0.05, 0) is 31.2 Å². The lowest BCUT2D eigenvalue weighted by Crippen LogP contribution is -2.39. The number of carbonyl (C=O) groups is 1. The number of hydrogen-bond acceptors (Lipinski definition) is 3. The summed E-state index contributed by atoms with van der Waals surface area (Å²) in [5.41, 5.74) is 2.30. The molecule has 1 saturated heterocycles. The zero-order valence-corrected chi connectivity index (χ0v) is 16.1. The number of rotatable bonds is 6. The molecule has 1 aliphatic rings. The summed E-state index contributed by atoms with van der Waals surface area (Å²) < 4.78 is 0. The van der Waals surface area contributed by atoms with Gasteiger partial charge in [0.1, 0.15) is 5.82 Å². The second kappa shape index (κ2) is 8.83. The molecule has 5 heteroatoms. The Labute approximate surface area is 165 Å². The van der Waals surface area contributed by atoms with Gasteiger partial charge >= 0.3 is 0 Å². The molecule has 144 valence electrons. The average molecular weight is 374 g/mol. The Morgan fingerprint density at radius 3 is 2.61 bits per heavy atom. The van der Waals surface area contributed by atoms with Crippen molar-refractivity contribution in [2.75, 3.05) is 13.1 Å². The van der Waals surface area contributed by atoms with E-state index in [0.717, 1.165) is 56.0 Å². The molecule has 1 N–H and O–H groups in total. The number of carbonyl (C=O) groups excluding carboxylic acids is 1. The van der Waals surface area contributed by atoms with Gasteiger partial charge in [0, 0.05) is 31.0 Å². The van der Waals surface area contributed by atoms with Crippen molar-refractivity contribution in [2.24, 2.45) is 0 Å². The lowest BCUT2D eigenvalue weighted by atomic mass is 9.96. The molecule has 0 saturated carbocycles. The number of benzene rings is 2. The summed E-state index contributed by atoms with van der Waals surface area (Å²) in [6.45, 7) is 1.58. The number of nitrogens with one attached hydrogen (secondary N) is 1. The molecule has 0 radical (unpaired) electrons. The van der Waals surface area contributed by atoms with Gasteiger partial charge in [0.25, 0.3) is 0 Å². The maximum Gasteiger partial charge on any atom is 0.222 e. The minimum Gasteiger partial charge on any atom is -0.342 e. The largest absolute Gasteiger partial charge is 0.342 e. The molecule has 1 unspecified atom stereocenters. The van der Waals surface area contributed by atoms with Gasteiger partial charge in [0.05, 0.1) is 0 Å². The predicted octanol–water partition coefficient (Wildman–Crippen LogP) is 4.20. The molecule has 3 aromatic rings. The van der Waals surface area contributed by atoms with Crippen LogP contribution in [0.25, 0.3) is 11.4 Å². The zero-order valence-electron chi connectivity index (χ0n) is 16.1. The molecule has 28 heavy (non-hydrogen) atoms. The molecule has 1 atom stereocenters.